The van der Waals surface area contributed by atoms with Gasteiger partial charge in [0.1, 0.15) is 5.60 Å². The Kier molecular flexibility index (Phi) is 11.2. The summed E-state index contributed by atoms with van der Waals surface area (Å²) >= 11 is 0. The zero-order chi connectivity index (χ0) is 22.9. The number of benzene rings is 2. The lowest BCUT2D eigenvalue weighted by Gasteiger charge is -2.19. The number of hydrogen-bond donors (Lipinski definition) is 3. The highest BCUT2D eigenvalue weighted by atomic mass is 127. The van der Waals surface area contributed by atoms with Crippen molar-refractivity contribution in [3.8, 4) is 5.75 Å². The van der Waals surface area contributed by atoms with Gasteiger partial charge in [-0.05, 0) is 62.6 Å². The highest BCUT2D eigenvalue weighted by molar-refractivity contribution is 14.0. The number of aliphatic imine (C=N–C) groups is 1. The Bertz CT molecular complexity index is 899. The first kappa shape index (κ1) is 27.5. The van der Waals surface area contributed by atoms with Crippen LogP contribution in [0.2, 0.25) is 0 Å². The van der Waals surface area contributed by atoms with Crippen LogP contribution >= 0.6 is 24.0 Å². The molecule has 0 saturated heterocycles. The van der Waals surface area contributed by atoms with Gasteiger partial charge in [-0.1, -0.05) is 18.2 Å². The number of nitrogens with one attached hydrogen (secondary N) is 3. The molecule has 3 N–H and O–H groups in total. The second-order valence-electron chi connectivity index (χ2n) is 7.90. The quantitative estimate of drug-likeness (QED) is 0.261. The number of anilines is 1. The van der Waals surface area contributed by atoms with Crippen molar-refractivity contribution in [3.05, 3.63) is 59.4 Å². The van der Waals surface area contributed by atoms with E-state index < -0.39 is 17.5 Å². The molecule has 0 aliphatic rings. The number of rotatable bonds is 7. The van der Waals surface area contributed by atoms with Gasteiger partial charge in [0, 0.05) is 25.8 Å². The standard InChI is InChI=1S/C23H31FN4O3.HI/c1-23(2,3)31-22(29)28-18-9-6-16(7-10-18)12-13-26-21(25-4)27-15-17-8-11-20(30-5)19(24)14-17;/h6-11,14H,12-13,15H2,1-5H3,(H,28,29)(H2,25,26,27);1H. The predicted octanol–water partition coefficient (Wildman–Crippen LogP) is 4.71. The summed E-state index contributed by atoms with van der Waals surface area (Å²) in [4.78, 5) is 16.0. The number of guanidine groups is 1. The molecule has 7 nitrogen and oxygen atoms in total. The average Bonchev–Trinajstić information content (AvgIpc) is 2.70. The SMILES string of the molecule is CN=C(NCCc1ccc(NC(=O)OC(C)(C)C)cc1)NCc1ccc(OC)c(F)c1.I. The molecule has 2 aromatic carbocycles. The van der Waals surface area contributed by atoms with Crippen molar-refractivity contribution in [1.82, 2.24) is 10.6 Å². The van der Waals surface area contributed by atoms with E-state index in [1.165, 1.54) is 13.2 Å². The maximum absolute atomic E-state index is 13.8. The summed E-state index contributed by atoms with van der Waals surface area (Å²) in [6.07, 6.45) is 0.290. The van der Waals surface area contributed by atoms with E-state index in [2.05, 4.69) is 20.9 Å². The molecule has 0 aliphatic heterocycles. The Morgan fingerprint density at radius 2 is 1.72 bits per heavy atom. The molecular formula is C23H32FIN4O3. The van der Waals surface area contributed by atoms with Gasteiger partial charge in [-0.3, -0.25) is 10.3 Å². The first-order valence-electron chi connectivity index (χ1n) is 10.1. The van der Waals surface area contributed by atoms with Crippen molar-refractivity contribution < 1.29 is 18.7 Å². The number of hydrogen-bond acceptors (Lipinski definition) is 4. The Balaban J connectivity index is 0.00000512. The molecule has 2 aromatic rings. The first-order chi connectivity index (χ1) is 14.7. The Morgan fingerprint density at radius 1 is 1.06 bits per heavy atom. The van der Waals surface area contributed by atoms with Crippen molar-refractivity contribution in [2.45, 2.75) is 39.3 Å². The number of ether oxygens (including phenoxy) is 2. The largest absolute Gasteiger partial charge is 0.494 e. The molecule has 9 heteroatoms. The second-order valence-corrected chi connectivity index (χ2v) is 7.90. The summed E-state index contributed by atoms with van der Waals surface area (Å²) in [6.45, 7) is 6.56. The average molecular weight is 558 g/mol. The van der Waals surface area contributed by atoms with Crippen molar-refractivity contribution in [2.24, 2.45) is 4.99 Å². The summed E-state index contributed by atoms with van der Waals surface area (Å²) in [7, 11) is 3.12. The van der Waals surface area contributed by atoms with Crippen LogP contribution in [0.4, 0.5) is 14.9 Å². The summed E-state index contributed by atoms with van der Waals surface area (Å²) in [6, 6.07) is 12.4. The van der Waals surface area contributed by atoms with Crippen molar-refractivity contribution in [1.29, 1.82) is 0 Å². The number of nitrogens with zero attached hydrogens (tertiary/aromatic N) is 1. The van der Waals surface area contributed by atoms with Crippen LogP contribution in [-0.2, 0) is 17.7 Å². The Hall–Kier alpha value is -2.56. The number of halogens is 2. The lowest BCUT2D eigenvalue weighted by molar-refractivity contribution is 0.0636. The molecule has 0 heterocycles. The predicted molar refractivity (Wildman–Crippen MR) is 137 cm³/mol. The van der Waals surface area contributed by atoms with Crippen LogP contribution in [-0.4, -0.2) is 38.4 Å². The molecule has 0 unspecified atom stereocenters. The van der Waals surface area contributed by atoms with Crippen molar-refractivity contribution in [2.75, 3.05) is 26.0 Å². The van der Waals surface area contributed by atoms with Crippen LogP contribution in [0, 0.1) is 5.82 Å². The normalized spacial score (nSPS) is 11.2. The third-order valence-electron chi connectivity index (χ3n) is 4.21. The number of carbonyl (C=O) groups is 1. The van der Waals surface area contributed by atoms with Gasteiger partial charge in [0.05, 0.1) is 7.11 Å². The molecule has 0 radical (unpaired) electrons. The summed E-state index contributed by atoms with van der Waals surface area (Å²) in [5.74, 6) is 0.451. The van der Waals surface area contributed by atoms with E-state index in [0.717, 1.165) is 17.5 Å². The fraction of sp³-hybridized carbons (Fsp3) is 0.391. The molecule has 176 valence electrons. The molecule has 0 aromatic heterocycles. The Labute approximate surface area is 206 Å². The minimum Gasteiger partial charge on any atom is -0.494 e. The Morgan fingerprint density at radius 3 is 2.28 bits per heavy atom. The van der Waals surface area contributed by atoms with E-state index >= 15 is 0 Å². The maximum Gasteiger partial charge on any atom is 0.412 e. The molecule has 2 rings (SSSR count). The zero-order valence-corrected chi connectivity index (χ0v) is 21.5. The van der Waals surface area contributed by atoms with Gasteiger partial charge >= 0.3 is 6.09 Å². The molecular weight excluding hydrogens is 526 g/mol. The van der Waals surface area contributed by atoms with Crippen LogP contribution in [0.5, 0.6) is 5.75 Å². The monoisotopic (exact) mass is 558 g/mol. The first-order valence-corrected chi connectivity index (χ1v) is 10.1. The number of methoxy groups -OCH3 is 1. The van der Waals surface area contributed by atoms with Gasteiger partial charge in [-0.15, -0.1) is 24.0 Å². The lowest BCUT2D eigenvalue weighted by Crippen LogP contribution is -2.37. The minimum atomic E-state index is -0.538. The fourth-order valence-electron chi connectivity index (χ4n) is 2.73. The third kappa shape index (κ3) is 9.71. The van der Waals surface area contributed by atoms with Crippen LogP contribution in [0.25, 0.3) is 0 Å². The molecule has 0 fully saturated rings. The molecule has 0 saturated carbocycles. The van der Waals surface area contributed by atoms with Gasteiger partial charge < -0.3 is 20.1 Å². The molecule has 1 amide bonds. The van der Waals surface area contributed by atoms with Crippen molar-refractivity contribution >= 4 is 41.7 Å². The topological polar surface area (TPSA) is 84.0 Å². The molecule has 0 spiro atoms. The zero-order valence-electron chi connectivity index (χ0n) is 19.1. The van der Waals surface area contributed by atoms with Crippen LogP contribution in [0.3, 0.4) is 0 Å². The fourth-order valence-corrected chi connectivity index (χ4v) is 2.73. The highest BCUT2D eigenvalue weighted by Gasteiger charge is 2.16. The van der Waals surface area contributed by atoms with Gasteiger partial charge in [-0.25, -0.2) is 9.18 Å². The maximum atomic E-state index is 13.8. The van der Waals surface area contributed by atoms with E-state index in [1.807, 2.05) is 45.0 Å². The summed E-state index contributed by atoms with van der Waals surface area (Å²) in [5, 5.41) is 9.10. The van der Waals surface area contributed by atoms with E-state index in [-0.39, 0.29) is 29.7 Å². The van der Waals surface area contributed by atoms with E-state index in [0.29, 0.717) is 24.7 Å². The smallest absolute Gasteiger partial charge is 0.412 e. The number of amides is 1. The number of carbonyl (C=O) groups excluding carboxylic acids is 1. The van der Waals surface area contributed by atoms with E-state index in [1.54, 1.807) is 19.2 Å². The third-order valence-corrected chi connectivity index (χ3v) is 4.21. The van der Waals surface area contributed by atoms with Gasteiger partial charge in [0.15, 0.2) is 17.5 Å². The van der Waals surface area contributed by atoms with Crippen molar-refractivity contribution in [3.63, 3.8) is 0 Å². The molecule has 0 aliphatic carbocycles. The summed E-state index contributed by atoms with van der Waals surface area (Å²) in [5.41, 5.74) is 2.03. The molecule has 0 atom stereocenters. The van der Waals surface area contributed by atoms with Gasteiger partial charge in [-0.2, -0.15) is 0 Å². The van der Waals surface area contributed by atoms with Gasteiger partial charge in [0.25, 0.3) is 0 Å². The molecule has 32 heavy (non-hydrogen) atoms. The van der Waals surface area contributed by atoms with E-state index in [9.17, 15) is 9.18 Å². The van der Waals surface area contributed by atoms with E-state index in [4.69, 9.17) is 9.47 Å². The highest BCUT2D eigenvalue weighted by Crippen LogP contribution is 2.17. The van der Waals surface area contributed by atoms with Gasteiger partial charge in [0.2, 0.25) is 0 Å². The minimum absolute atomic E-state index is 0. The molecule has 0 bridgehead atoms. The van der Waals surface area contributed by atoms with Crippen LogP contribution in [0.1, 0.15) is 31.9 Å². The lowest BCUT2D eigenvalue weighted by atomic mass is 10.1. The summed E-state index contributed by atoms with van der Waals surface area (Å²) < 4.78 is 24.0. The van der Waals surface area contributed by atoms with Crippen LogP contribution < -0.4 is 20.7 Å². The second kappa shape index (κ2) is 13.1. The van der Waals surface area contributed by atoms with Crippen LogP contribution in [0.15, 0.2) is 47.5 Å².